The first kappa shape index (κ1) is 12.7. The summed E-state index contributed by atoms with van der Waals surface area (Å²) in [7, 11) is -2.54. The molecular formula is C13H12O4P-. The van der Waals surface area contributed by atoms with Crippen molar-refractivity contribution in [2.45, 2.75) is 0 Å². The maximum Gasteiger partial charge on any atom is 0.214 e. The molecule has 0 aliphatic carbocycles. The summed E-state index contributed by atoms with van der Waals surface area (Å²) in [4.78, 5) is 11.9. The molecule has 0 spiro atoms. The number of rotatable bonds is 4. The molecule has 0 radical (unpaired) electrons. The van der Waals surface area contributed by atoms with Gasteiger partial charge in [-0.1, -0.05) is 18.2 Å². The molecule has 0 aromatic heterocycles. The van der Waals surface area contributed by atoms with Gasteiger partial charge in [0.05, 0.1) is 7.11 Å². The van der Waals surface area contributed by atoms with Crippen LogP contribution in [0.1, 0.15) is 0 Å². The van der Waals surface area contributed by atoms with Crippen molar-refractivity contribution < 1.29 is 18.7 Å². The van der Waals surface area contributed by atoms with Gasteiger partial charge in [-0.15, -0.1) is 0 Å². The fourth-order valence-electron chi connectivity index (χ4n) is 1.44. The standard InChI is InChI=1S/C13H13O4P/c1-16-11-7-9-12(10-8-11)17-18(14,15)13-5-3-2-4-6-13/h2-10H,1H3,(H,14,15)/p-1. The average Bonchev–Trinajstić information content (AvgIpc) is 2.40. The molecule has 2 aromatic rings. The minimum absolute atomic E-state index is 0.154. The summed E-state index contributed by atoms with van der Waals surface area (Å²) in [5.41, 5.74) is 0. The lowest BCUT2D eigenvalue weighted by atomic mass is 10.3. The van der Waals surface area contributed by atoms with Crippen LogP contribution in [0.4, 0.5) is 0 Å². The molecule has 4 nitrogen and oxygen atoms in total. The molecule has 0 aliphatic heterocycles. The van der Waals surface area contributed by atoms with E-state index in [4.69, 9.17) is 9.26 Å². The summed E-state index contributed by atoms with van der Waals surface area (Å²) < 4.78 is 21.9. The largest absolute Gasteiger partial charge is 0.765 e. The highest BCUT2D eigenvalue weighted by atomic mass is 31.2. The topological polar surface area (TPSA) is 58.6 Å². The zero-order valence-electron chi connectivity index (χ0n) is 9.78. The van der Waals surface area contributed by atoms with Crippen molar-refractivity contribution >= 4 is 12.9 Å². The van der Waals surface area contributed by atoms with E-state index in [2.05, 4.69) is 0 Å². The van der Waals surface area contributed by atoms with Crippen LogP contribution in [-0.4, -0.2) is 7.11 Å². The zero-order valence-corrected chi connectivity index (χ0v) is 10.7. The number of benzene rings is 2. The fraction of sp³-hybridized carbons (Fsp3) is 0.0769. The number of ether oxygens (including phenoxy) is 1. The molecule has 18 heavy (non-hydrogen) atoms. The van der Waals surface area contributed by atoms with Crippen molar-refractivity contribution in [2.24, 2.45) is 0 Å². The molecule has 2 rings (SSSR count). The van der Waals surface area contributed by atoms with E-state index in [-0.39, 0.29) is 11.1 Å². The Morgan fingerprint density at radius 3 is 2.06 bits per heavy atom. The van der Waals surface area contributed by atoms with E-state index in [1.807, 2.05) is 0 Å². The second-order valence-electron chi connectivity index (χ2n) is 3.60. The van der Waals surface area contributed by atoms with Gasteiger partial charge in [-0.25, -0.2) is 0 Å². The summed E-state index contributed by atoms with van der Waals surface area (Å²) in [5.74, 6) is 0.903. The van der Waals surface area contributed by atoms with Gasteiger partial charge in [-0.3, -0.25) is 4.57 Å². The quantitative estimate of drug-likeness (QED) is 0.791. The minimum atomic E-state index is -4.08. The lowest BCUT2D eigenvalue weighted by Gasteiger charge is -2.24. The highest BCUT2D eigenvalue weighted by Crippen LogP contribution is 2.37. The molecule has 0 bridgehead atoms. The lowest BCUT2D eigenvalue weighted by Crippen LogP contribution is -2.19. The van der Waals surface area contributed by atoms with E-state index < -0.39 is 7.60 Å². The van der Waals surface area contributed by atoms with Gasteiger partial charge in [0.1, 0.15) is 11.5 Å². The second kappa shape index (κ2) is 5.25. The normalized spacial score (nSPS) is 13.7. The molecule has 0 fully saturated rings. The number of hydrogen-bond donors (Lipinski definition) is 0. The van der Waals surface area contributed by atoms with E-state index in [9.17, 15) is 9.46 Å². The molecule has 1 atom stereocenters. The lowest BCUT2D eigenvalue weighted by molar-refractivity contribution is -0.186. The van der Waals surface area contributed by atoms with Gasteiger partial charge in [0, 0.05) is 5.30 Å². The Kier molecular flexibility index (Phi) is 3.70. The molecule has 0 amide bonds. The predicted molar refractivity (Wildman–Crippen MR) is 67.3 cm³/mol. The third-order valence-corrected chi connectivity index (χ3v) is 3.74. The highest BCUT2D eigenvalue weighted by Gasteiger charge is 2.12. The average molecular weight is 263 g/mol. The second-order valence-corrected chi connectivity index (χ2v) is 5.29. The summed E-state index contributed by atoms with van der Waals surface area (Å²) in [6.07, 6.45) is 0. The van der Waals surface area contributed by atoms with Gasteiger partial charge in [-0.2, -0.15) is 0 Å². The van der Waals surface area contributed by atoms with E-state index in [1.165, 1.54) is 12.1 Å². The molecule has 0 aliphatic rings. The molecule has 0 saturated heterocycles. The molecule has 94 valence electrons. The van der Waals surface area contributed by atoms with Crippen molar-refractivity contribution in [3.05, 3.63) is 54.6 Å². The Morgan fingerprint density at radius 1 is 0.944 bits per heavy atom. The van der Waals surface area contributed by atoms with Gasteiger partial charge in [0.25, 0.3) is 0 Å². The number of hydrogen-bond acceptors (Lipinski definition) is 4. The molecule has 0 heterocycles. The van der Waals surface area contributed by atoms with Gasteiger partial charge in [-0.05, 0) is 36.4 Å². The Balaban J connectivity index is 2.19. The minimum Gasteiger partial charge on any atom is -0.765 e. The molecule has 2 aromatic carbocycles. The monoisotopic (exact) mass is 263 g/mol. The Bertz CT molecular complexity index is 551. The van der Waals surface area contributed by atoms with Crippen molar-refractivity contribution in [1.82, 2.24) is 0 Å². The molecule has 5 heteroatoms. The fourth-order valence-corrected chi connectivity index (χ4v) is 2.48. The van der Waals surface area contributed by atoms with Crippen LogP contribution in [0.15, 0.2) is 54.6 Å². The van der Waals surface area contributed by atoms with E-state index >= 15 is 0 Å². The summed E-state index contributed by atoms with van der Waals surface area (Å²) in [6.45, 7) is 0. The first-order chi connectivity index (χ1) is 8.62. The van der Waals surface area contributed by atoms with E-state index in [0.717, 1.165) is 0 Å². The Morgan fingerprint density at radius 2 is 1.50 bits per heavy atom. The van der Waals surface area contributed by atoms with Crippen LogP contribution in [0.3, 0.4) is 0 Å². The van der Waals surface area contributed by atoms with Crippen molar-refractivity contribution in [3.8, 4) is 11.5 Å². The van der Waals surface area contributed by atoms with Crippen molar-refractivity contribution in [3.63, 3.8) is 0 Å². The Labute approximate surface area is 105 Å². The van der Waals surface area contributed by atoms with Gasteiger partial charge >= 0.3 is 0 Å². The van der Waals surface area contributed by atoms with Crippen LogP contribution in [0, 0.1) is 0 Å². The highest BCUT2D eigenvalue weighted by molar-refractivity contribution is 7.60. The first-order valence-electron chi connectivity index (χ1n) is 5.32. The van der Waals surface area contributed by atoms with Crippen LogP contribution in [0.25, 0.3) is 0 Å². The van der Waals surface area contributed by atoms with Crippen LogP contribution >= 0.6 is 7.60 Å². The molecule has 1 unspecified atom stereocenters. The Hall–Kier alpha value is -1.77. The van der Waals surface area contributed by atoms with Gasteiger partial charge in [0.2, 0.25) is 7.60 Å². The maximum atomic E-state index is 11.9. The van der Waals surface area contributed by atoms with Gasteiger partial charge < -0.3 is 14.2 Å². The van der Waals surface area contributed by atoms with Crippen molar-refractivity contribution in [2.75, 3.05) is 7.11 Å². The van der Waals surface area contributed by atoms with Crippen LogP contribution in [-0.2, 0) is 4.57 Å². The number of methoxy groups -OCH3 is 1. The summed E-state index contributed by atoms with van der Waals surface area (Å²) in [6, 6.07) is 14.4. The molecular weight excluding hydrogens is 251 g/mol. The third kappa shape index (κ3) is 2.92. The smallest absolute Gasteiger partial charge is 0.214 e. The van der Waals surface area contributed by atoms with E-state index in [1.54, 1.807) is 49.6 Å². The summed E-state index contributed by atoms with van der Waals surface area (Å²) in [5, 5.41) is 0.154. The SMILES string of the molecule is COc1ccc(OP(=O)([O-])c2ccccc2)cc1. The van der Waals surface area contributed by atoms with E-state index in [0.29, 0.717) is 5.75 Å². The van der Waals surface area contributed by atoms with Crippen LogP contribution < -0.4 is 19.5 Å². The van der Waals surface area contributed by atoms with Crippen LogP contribution in [0.2, 0.25) is 0 Å². The first-order valence-corrected chi connectivity index (χ1v) is 6.86. The maximum absolute atomic E-state index is 11.9. The third-order valence-electron chi connectivity index (χ3n) is 2.36. The zero-order chi connectivity index (χ0) is 13.0. The van der Waals surface area contributed by atoms with Gasteiger partial charge in [0.15, 0.2) is 0 Å². The molecule has 0 saturated carbocycles. The molecule has 0 N–H and O–H groups in total. The summed E-state index contributed by atoms with van der Waals surface area (Å²) >= 11 is 0. The van der Waals surface area contributed by atoms with Crippen LogP contribution in [0.5, 0.6) is 11.5 Å². The van der Waals surface area contributed by atoms with Crippen molar-refractivity contribution in [1.29, 1.82) is 0 Å². The predicted octanol–water partition coefficient (Wildman–Crippen LogP) is 1.95.